The fourth-order valence-electron chi connectivity index (χ4n) is 4.28. The number of aromatic amines is 1. The molecule has 3 rings (SSSR count). The summed E-state index contributed by atoms with van der Waals surface area (Å²) in [6.07, 6.45) is 1.61. The maximum atomic E-state index is 13.0. The van der Waals surface area contributed by atoms with Gasteiger partial charge < -0.3 is 13.6 Å². The number of hydroxylamine groups is 2. The largest absolute Gasteiger partial charge is 0.414 e. The first-order valence-corrected chi connectivity index (χ1v) is 21.5. The summed E-state index contributed by atoms with van der Waals surface area (Å²) in [5.74, 6) is 5.14. The van der Waals surface area contributed by atoms with Crippen LogP contribution in [0.3, 0.4) is 0 Å². The number of hydrogen-bond donors (Lipinski definition) is 1. The van der Waals surface area contributed by atoms with E-state index in [1.807, 2.05) is 30.3 Å². The molecule has 0 bridgehead atoms. The Labute approximate surface area is 275 Å². The van der Waals surface area contributed by atoms with Crippen LogP contribution in [0.5, 0.6) is 0 Å². The van der Waals surface area contributed by atoms with Gasteiger partial charge in [0.2, 0.25) is 0 Å². The Hall–Kier alpha value is -3.06. The average molecular weight is 670 g/mol. The van der Waals surface area contributed by atoms with Crippen molar-refractivity contribution in [2.24, 2.45) is 0 Å². The van der Waals surface area contributed by atoms with E-state index in [1.54, 1.807) is 0 Å². The summed E-state index contributed by atoms with van der Waals surface area (Å²) in [6, 6.07) is 9.36. The highest BCUT2D eigenvalue weighted by molar-refractivity contribution is 6.74. The zero-order chi connectivity index (χ0) is 34.5. The summed E-state index contributed by atoms with van der Waals surface area (Å²) in [6.45, 7) is 25.8. The van der Waals surface area contributed by atoms with Gasteiger partial charge >= 0.3 is 5.69 Å². The van der Waals surface area contributed by atoms with Gasteiger partial charge in [-0.15, -0.1) is 0 Å². The van der Waals surface area contributed by atoms with Gasteiger partial charge in [0.25, 0.3) is 11.5 Å². The van der Waals surface area contributed by atoms with Crippen LogP contribution in [0.25, 0.3) is 0 Å². The third-order valence-corrected chi connectivity index (χ3v) is 18.2. The van der Waals surface area contributed by atoms with Gasteiger partial charge in [-0.25, -0.2) is 9.86 Å². The number of hydrogen-bond acceptors (Lipinski definition) is 7. The van der Waals surface area contributed by atoms with Crippen LogP contribution < -0.4 is 11.2 Å². The second-order valence-electron chi connectivity index (χ2n) is 14.7. The molecule has 252 valence electrons. The number of ether oxygens (including phenoxy) is 1. The highest BCUT2D eigenvalue weighted by atomic mass is 28.4. The molecule has 1 N–H and O–H groups in total. The molecule has 1 aliphatic rings. The quantitative estimate of drug-likeness (QED) is 0.141. The molecule has 1 aromatic heterocycles. The van der Waals surface area contributed by atoms with Crippen molar-refractivity contribution in [2.75, 3.05) is 13.2 Å². The zero-order valence-electron chi connectivity index (χ0n) is 29.1. The van der Waals surface area contributed by atoms with Gasteiger partial charge in [-0.3, -0.25) is 24.0 Å². The molecule has 12 heteroatoms. The predicted molar refractivity (Wildman–Crippen MR) is 185 cm³/mol. The normalized spacial score (nSPS) is 19.0. The van der Waals surface area contributed by atoms with E-state index in [9.17, 15) is 14.4 Å². The minimum Gasteiger partial charge on any atom is -0.414 e. The van der Waals surface area contributed by atoms with E-state index in [0.717, 1.165) is 16.7 Å². The Balaban J connectivity index is 1.83. The first kappa shape index (κ1) is 37.4. The summed E-state index contributed by atoms with van der Waals surface area (Å²) < 4.78 is 21.2. The van der Waals surface area contributed by atoms with E-state index in [1.165, 1.54) is 10.8 Å². The highest BCUT2D eigenvalue weighted by Crippen LogP contribution is 2.42. The van der Waals surface area contributed by atoms with Crippen molar-refractivity contribution in [3.05, 3.63) is 81.1 Å². The maximum Gasteiger partial charge on any atom is 0.330 e. The van der Waals surface area contributed by atoms with Crippen LogP contribution in [0.15, 0.2) is 58.8 Å². The minimum absolute atomic E-state index is 0.0193. The van der Waals surface area contributed by atoms with Crippen LogP contribution in [0.2, 0.25) is 36.3 Å². The van der Waals surface area contributed by atoms with Crippen molar-refractivity contribution >= 4 is 22.5 Å². The predicted octanol–water partition coefficient (Wildman–Crippen LogP) is 5.73. The number of benzene rings is 1. The standard InChI is InChI=1S/C34H51N3O7Si2/c1-12-29(38)37(22-25-17-14-13-15-18-25)41-20-16-19-26-23-36(32(40)35-31(26)39)30-21-27(44-46(10,11)34(5,6)7)28(43-30)24-42-45(8,9)33(2,3)4/h12-15,17-18,23,27-28,30H,1,20-22,24H2,2-11H3,(H,35,39,40)/t27-,28-,30-/m1/s1. The van der Waals surface area contributed by atoms with Crippen LogP contribution >= 0.6 is 0 Å². The molecule has 1 saturated heterocycles. The average Bonchev–Trinajstić information content (AvgIpc) is 3.34. The Morgan fingerprint density at radius 3 is 2.30 bits per heavy atom. The lowest BCUT2D eigenvalue weighted by atomic mass is 10.2. The van der Waals surface area contributed by atoms with Gasteiger partial charge in [0.05, 0.1) is 19.3 Å². The minimum atomic E-state index is -2.19. The van der Waals surface area contributed by atoms with E-state index < -0.39 is 46.1 Å². The Kier molecular flexibility index (Phi) is 12.0. The Morgan fingerprint density at radius 1 is 1.09 bits per heavy atom. The lowest BCUT2D eigenvalue weighted by Gasteiger charge is -2.40. The van der Waals surface area contributed by atoms with Gasteiger partial charge in [-0.1, -0.05) is 90.3 Å². The fraction of sp³-hybridized carbons (Fsp3) is 0.559. The van der Waals surface area contributed by atoms with Crippen molar-refractivity contribution < 1.29 is 23.2 Å². The lowest BCUT2D eigenvalue weighted by molar-refractivity contribution is -0.179. The summed E-state index contributed by atoms with van der Waals surface area (Å²) in [5, 5.41) is 1.15. The second kappa shape index (κ2) is 14.8. The van der Waals surface area contributed by atoms with Crippen molar-refractivity contribution in [3.63, 3.8) is 0 Å². The molecule has 0 saturated carbocycles. The lowest BCUT2D eigenvalue weighted by Crippen LogP contribution is -2.48. The van der Waals surface area contributed by atoms with Gasteiger partial charge in [0.1, 0.15) is 24.5 Å². The number of nitrogens with zero attached hydrogens (tertiary/aromatic N) is 2. The van der Waals surface area contributed by atoms with Gasteiger partial charge in [-0.05, 0) is 47.9 Å². The van der Waals surface area contributed by atoms with Crippen LogP contribution in [0.4, 0.5) is 0 Å². The van der Waals surface area contributed by atoms with Gasteiger partial charge in [-0.2, -0.15) is 0 Å². The summed E-state index contributed by atoms with van der Waals surface area (Å²) in [4.78, 5) is 46.0. The molecule has 1 aliphatic heterocycles. The third-order valence-electron chi connectivity index (χ3n) is 9.23. The van der Waals surface area contributed by atoms with E-state index in [0.29, 0.717) is 13.0 Å². The first-order chi connectivity index (χ1) is 21.3. The number of H-pyrrole nitrogens is 1. The van der Waals surface area contributed by atoms with Crippen molar-refractivity contribution in [3.8, 4) is 11.8 Å². The molecule has 2 heterocycles. The maximum absolute atomic E-state index is 13.0. The Bertz CT molecular complexity index is 1540. The third kappa shape index (κ3) is 9.50. The molecule has 1 amide bonds. The molecule has 3 atom stereocenters. The highest BCUT2D eigenvalue weighted by Gasteiger charge is 2.46. The SMILES string of the molecule is C=CC(=O)N(Cc1ccccc1)OCC#Cc1cn([C@H]2C[C@@H](O[Si](C)(C)C(C)(C)C)[C@@H](CO[Si](C)(C)C(C)(C)C)O2)c(=O)[nH]c1=O. The van der Waals surface area contributed by atoms with E-state index in [2.05, 4.69) is 91.1 Å². The number of amides is 1. The molecule has 46 heavy (non-hydrogen) atoms. The molecule has 10 nitrogen and oxygen atoms in total. The summed E-state index contributed by atoms with van der Waals surface area (Å²) >= 11 is 0. The number of aromatic nitrogens is 2. The molecule has 0 radical (unpaired) electrons. The number of carbonyl (C=O) groups is 1. The molecule has 0 spiro atoms. The topological polar surface area (TPSA) is 112 Å². The smallest absolute Gasteiger partial charge is 0.330 e. The number of carbonyl (C=O) groups excluding carboxylic acids is 1. The van der Waals surface area contributed by atoms with E-state index >= 15 is 0 Å². The van der Waals surface area contributed by atoms with E-state index in [4.69, 9.17) is 18.4 Å². The van der Waals surface area contributed by atoms with Gasteiger partial charge in [0.15, 0.2) is 16.6 Å². The summed E-state index contributed by atoms with van der Waals surface area (Å²) in [7, 11) is -4.28. The van der Waals surface area contributed by atoms with Crippen molar-refractivity contribution in [2.45, 2.75) is 109 Å². The number of rotatable bonds is 11. The van der Waals surface area contributed by atoms with Crippen LogP contribution in [0.1, 0.15) is 65.3 Å². The van der Waals surface area contributed by atoms with Crippen molar-refractivity contribution in [1.82, 2.24) is 14.6 Å². The fourth-order valence-corrected chi connectivity index (χ4v) is 6.65. The van der Waals surface area contributed by atoms with Gasteiger partial charge in [0, 0.05) is 12.6 Å². The Morgan fingerprint density at radius 2 is 1.72 bits per heavy atom. The molecule has 0 aliphatic carbocycles. The molecule has 2 aromatic rings. The van der Waals surface area contributed by atoms with Crippen molar-refractivity contribution in [1.29, 1.82) is 0 Å². The van der Waals surface area contributed by atoms with Crippen LogP contribution in [-0.4, -0.2) is 62.6 Å². The zero-order valence-corrected chi connectivity index (χ0v) is 31.1. The monoisotopic (exact) mass is 669 g/mol. The number of nitrogens with one attached hydrogen (secondary N) is 1. The molecule has 0 unspecified atom stereocenters. The molecule has 1 fully saturated rings. The van der Waals surface area contributed by atoms with E-state index in [-0.39, 0.29) is 34.9 Å². The molecular weight excluding hydrogens is 619 g/mol. The van der Waals surface area contributed by atoms with Crippen LogP contribution in [0, 0.1) is 11.8 Å². The first-order valence-electron chi connectivity index (χ1n) is 15.7. The van der Waals surface area contributed by atoms with Crippen LogP contribution in [-0.2, 0) is 29.8 Å². The molecular formula is C34H51N3O7Si2. The molecule has 1 aromatic carbocycles. The second-order valence-corrected chi connectivity index (χ2v) is 24.3. The summed E-state index contributed by atoms with van der Waals surface area (Å²) in [5.41, 5.74) is -0.282.